The third-order valence-electron chi connectivity index (χ3n) is 4.22. The third kappa shape index (κ3) is 7.81. The van der Waals surface area contributed by atoms with E-state index in [2.05, 4.69) is 15.6 Å². The topological polar surface area (TPSA) is 110 Å². The number of nitrogens with two attached hydrogens (primary N) is 1. The quantitative estimate of drug-likeness (QED) is 0.231. The van der Waals surface area contributed by atoms with Crippen molar-refractivity contribution in [3.8, 4) is 0 Å². The van der Waals surface area contributed by atoms with Crippen LogP contribution in [-0.4, -0.2) is 20.9 Å². The van der Waals surface area contributed by atoms with Crippen LogP contribution < -0.4 is 15.8 Å². The molecule has 0 atom stereocenters. The zero-order valence-electron chi connectivity index (χ0n) is 16.3. The van der Waals surface area contributed by atoms with Crippen LogP contribution >= 0.6 is 24.0 Å². The number of guanidine groups is 1. The molecule has 0 bridgehead atoms. The fourth-order valence-corrected chi connectivity index (χ4v) is 3.19. The Kier molecular flexibility index (Phi) is 9.34. The maximum Gasteiger partial charge on any atom is 0.238 e. The molecule has 4 N–H and O–H groups in total. The van der Waals surface area contributed by atoms with Gasteiger partial charge in [0, 0.05) is 19.5 Å². The van der Waals surface area contributed by atoms with Crippen molar-refractivity contribution in [2.24, 2.45) is 10.1 Å². The van der Waals surface area contributed by atoms with Crippen molar-refractivity contribution in [1.29, 1.82) is 0 Å². The number of halogens is 1. The van der Waals surface area contributed by atoms with Crippen LogP contribution in [0.25, 0.3) is 0 Å². The Morgan fingerprint density at radius 3 is 2.30 bits per heavy atom. The number of benzene rings is 2. The molecule has 0 unspecified atom stereocenters. The van der Waals surface area contributed by atoms with Gasteiger partial charge in [0.15, 0.2) is 5.96 Å². The maximum atomic E-state index is 11.4. The minimum atomic E-state index is -3.69. The van der Waals surface area contributed by atoms with Crippen LogP contribution in [0.15, 0.2) is 87.3 Å². The second-order valence-corrected chi connectivity index (χ2v) is 8.01. The van der Waals surface area contributed by atoms with Crippen LogP contribution in [0.4, 0.5) is 0 Å². The Balaban J connectivity index is 0.00000320. The van der Waals surface area contributed by atoms with Gasteiger partial charge in [-0.2, -0.15) is 0 Å². The van der Waals surface area contributed by atoms with E-state index in [-0.39, 0.29) is 28.9 Å². The molecular formula is C21H25IN4O3S. The Labute approximate surface area is 193 Å². The second-order valence-electron chi connectivity index (χ2n) is 6.45. The molecule has 2 aromatic carbocycles. The average molecular weight is 540 g/mol. The van der Waals surface area contributed by atoms with Gasteiger partial charge in [0.1, 0.15) is 5.76 Å². The van der Waals surface area contributed by atoms with E-state index in [0.29, 0.717) is 25.6 Å². The van der Waals surface area contributed by atoms with Crippen molar-refractivity contribution in [3.63, 3.8) is 0 Å². The molecule has 0 saturated heterocycles. The van der Waals surface area contributed by atoms with E-state index in [1.165, 1.54) is 12.1 Å². The summed E-state index contributed by atoms with van der Waals surface area (Å²) in [6.07, 6.45) is 2.39. The molecule has 0 aliphatic rings. The molecule has 0 radical (unpaired) electrons. The first-order valence-electron chi connectivity index (χ1n) is 9.21. The fraction of sp³-hybridized carbons (Fsp3) is 0.190. The lowest BCUT2D eigenvalue weighted by atomic mass is 10.2. The van der Waals surface area contributed by atoms with E-state index in [4.69, 9.17) is 9.56 Å². The van der Waals surface area contributed by atoms with Crippen molar-refractivity contribution in [3.05, 3.63) is 89.9 Å². The zero-order valence-corrected chi connectivity index (χ0v) is 19.5. The number of aliphatic imine (C=N–C) groups is 1. The summed E-state index contributed by atoms with van der Waals surface area (Å²) < 4.78 is 28.1. The number of hydrogen-bond donors (Lipinski definition) is 3. The Bertz CT molecular complexity index is 1020. The van der Waals surface area contributed by atoms with Gasteiger partial charge in [0.05, 0.1) is 17.7 Å². The van der Waals surface area contributed by atoms with Crippen molar-refractivity contribution in [2.75, 3.05) is 6.54 Å². The number of sulfonamides is 1. The summed E-state index contributed by atoms with van der Waals surface area (Å²) in [4.78, 5) is 4.73. The number of rotatable bonds is 8. The summed E-state index contributed by atoms with van der Waals surface area (Å²) in [5, 5.41) is 11.7. The molecule has 0 saturated carbocycles. The van der Waals surface area contributed by atoms with Crippen LogP contribution in [-0.2, 0) is 29.5 Å². The fourth-order valence-electron chi connectivity index (χ4n) is 2.67. The molecule has 0 aliphatic carbocycles. The smallest absolute Gasteiger partial charge is 0.238 e. The van der Waals surface area contributed by atoms with Gasteiger partial charge in [-0.15, -0.1) is 24.0 Å². The molecule has 9 heteroatoms. The molecule has 7 nitrogen and oxygen atoms in total. The van der Waals surface area contributed by atoms with Gasteiger partial charge in [-0.3, -0.25) is 0 Å². The number of nitrogens with zero attached hydrogens (tertiary/aromatic N) is 1. The van der Waals surface area contributed by atoms with Crippen molar-refractivity contribution >= 4 is 40.0 Å². The van der Waals surface area contributed by atoms with Crippen LogP contribution in [0.5, 0.6) is 0 Å². The molecule has 1 aromatic heterocycles. The van der Waals surface area contributed by atoms with E-state index in [9.17, 15) is 8.42 Å². The summed E-state index contributed by atoms with van der Waals surface area (Å²) in [6.45, 7) is 1.70. The van der Waals surface area contributed by atoms with Gasteiger partial charge in [0.25, 0.3) is 0 Å². The van der Waals surface area contributed by atoms with Crippen molar-refractivity contribution in [1.82, 2.24) is 10.6 Å². The monoisotopic (exact) mass is 540 g/mol. The van der Waals surface area contributed by atoms with Gasteiger partial charge >= 0.3 is 0 Å². The van der Waals surface area contributed by atoms with E-state index >= 15 is 0 Å². The standard InChI is InChI=1S/C21H24N4O3S.HI/c22-29(26,27)20-10-8-18(9-11-20)16-25-21(23-13-12-19-7-4-14-28-19)24-15-17-5-2-1-3-6-17;/h1-11,14H,12-13,15-16H2,(H2,22,26,27)(H2,23,24,25);1H. The van der Waals surface area contributed by atoms with E-state index in [1.807, 2.05) is 42.5 Å². The lowest BCUT2D eigenvalue weighted by Gasteiger charge is -2.13. The normalized spacial score (nSPS) is 11.6. The first-order valence-corrected chi connectivity index (χ1v) is 10.8. The molecule has 30 heavy (non-hydrogen) atoms. The molecular weight excluding hydrogens is 515 g/mol. The van der Waals surface area contributed by atoms with E-state index in [0.717, 1.165) is 23.3 Å². The highest BCUT2D eigenvalue weighted by atomic mass is 127. The largest absolute Gasteiger partial charge is 0.469 e. The summed E-state index contributed by atoms with van der Waals surface area (Å²) in [5.74, 6) is 1.56. The van der Waals surface area contributed by atoms with Gasteiger partial charge < -0.3 is 15.1 Å². The molecule has 3 rings (SSSR count). The van der Waals surface area contributed by atoms with Crippen molar-refractivity contribution in [2.45, 2.75) is 24.4 Å². The maximum absolute atomic E-state index is 11.4. The molecule has 0 amide bonds. The number of nitrogens with one attached hydrogen (secondary N) is 2. The SMILES string of the molecule is I.NS(=O)(=O)c1ccc(CNC(=NCc2ccccc2)NCCc2ccco2)cc1. The number of furan rings is 1. The molecule has 0 fully saturated rings. The average Bonchev–Trinajstić information content (AvgIpc) is 3.23. The zero-order chi connectivity index (χ0) is 20.5. The third-order valence-corrected chi connectivity index (χ3v) is 5.15. The lowest BCUT2D eigenvalue weighted by Crippen LogP contribution is -2.38. The summed E-state index contributed by atoms with van der Waals surface area (Å²) in [6, 6.07) is 20.2. The number of hydrogen-bond acceptors (Lipinski definition) is 4. The minimum Gasteiger partial charge on any atom is -0.469 e. The predicted molar refractivity (Wildman–Crippen MR) is 128 cm³/mol. The second kappa shape index (κ2) is 11.7. The van der Waals surface area contributed by atoms with Gasteiger partial charge in [-0.05, 0) is 35.4 Å². The van der Waals surface area contributed by atoms with Gasteiger partial charge in [-0.25, -0.2) is 18.5 Å². The van der Waals surface area contributed by atoms with Crippen LogP contribution in [0.3, 0.4) is 0 Å². The first-order chi connectivity index (χ1) is 14.0. The molecule has 0 spiro atoms. The van der Waals surface area contributed by atoms with Crippen LogP contribution in [0.2, 0.25) is 0 Å². The van der Waals surface area contributed by atoms with E-state index < -0.39 is 10.0 Å². The minimum absolute atomic E-state index is 0. The van der Waals surface area contributed by atoms with Crippen LogP contribution in [0, 0.1) is 0 Å². The first kappa shape index (κ1) is 23.9. The highest BCUT2D eigenvalue weighted by Gasteiger charge is 2.07. The highest BCUT2D eigenvalue weighted by Crippen LogP contribution is 2.08. The van der Waals surface area contributed by atoms with Gasteiger partial charge in [0.2, 0.25) is 10.0 Å². The molecule has 160 valence electrons. The van der Waals surface area contributed by atoms with Crippen LogP contribution in [0.1, 0.15) is 16.9 Å². The number of primary sulfonamides is 1. The highest BCUT2D eigenvalue weighted by molar-refractivity contribution is 14.0. The molecule has 3 aromatic rings. The summed E-state index contributed by atoms with van der Waals surface area (Å²) in [7, 11) is -3.69. The predicted octanol–water partition coefficient (Wildman–Crippen LogP) is 3.02. The Morgan fingerprint density at radius 2 is 1.67 bits per heavy atom. The van der Waals surface area contributed by atoms with Crippen molar-refractivity contribution < 1.29 is 12.8 Å². The lowest BCUT2D eigenvalue weighted by molar-refractivity contribution is 0.506. The Morgan fingerprint density at radius 1 is 0.933 bits per heavy atom. The Hall–Kier alpha value is -2.37. The van der Waals surface area contributed by atoms with E-state index in [1.54, 1.807) is 18.4 Å². The summed E-state index contributed by atoms with van der Waals surface area (Å²) >= 11 is 0. The summed E-state index contributed by atoms with van der Waals surface area (Å²) in [5.41, 5.74) is 2.02. The molecule has 0 aliphatic heterocycles. The molecule has 1 heterocycles. The van der Waals surface area contributed by atoms with Gasteiger partial charge in [-0.1, -0.05) is 42.5 Å².